The molecule has 6 rings (SSSR count). The Labute approximate surface area is 183 Å². The third-order valence-electron chi connectivity index (χ3n) is 6.78. The number of fused-ring (bicyclic) bond motifs is 5. The second-order valence-electron chi connectivity index (χ2n) is 10.6. The lowest BCUT2D eigenvalue weighted by molar-refractivity contribution is -0.643. The van der Waals surface area contributed by atoms with Gasteiger partial charge in [0.25, 0.3) is 0 Å². The van der Waals surface area contributed by atoms with Crippen LogP contribution in [0.4, 0.5) is 0 Å². The molecule has 0 bridgehead atoms. The van der Waals surface area contributed by atoms with E-state index in [0.29, 0.717) is 0 Å². The summed E-state index contributed by atoms with van der Waals surface area (Å²) in [6.07, 6.45) is 3.29. The molecule has 0 unspecified atom stereocenters. The molecule has 3 aromatic carbocycles. The van der Waals surface area contributed by atoms with Gasteiger partial charge in [0.05, 0.1) is 27.3 Å². The standard InChI is InChI=1S/C29H29N2/c1-17-7-9-21-22-10-8-18(2)25-27(22)31(23(21)13-17)24-15-19(16-29(3,4)5)14-20-11-12-30(6)28(25)26(20)24/h7-15H,16H2,1-6H3/q+1. The predicted octanol–water partition coefficient (Wildman–Crippen LogP) is 7.02. The van der Waals surface area contributed by atoms with Gasteiger partial charge in [0.2, 0.25) is 5.52 Å². The Balaban J connectivity index is 1.98. The normalized spacial score (nSPS) is 13.0. The Bertz CT molecular complexity index is 1660. The maximum atomic E-state index is 2.54. The largest absolute Gasteiger partial charge is 0.307 e. The summed E-state index contributed by atoms with van der Waals surface area (Å²) in [5.74, 6) is 0. The molecule has 0 amide bonds. The van der Waals surface area contributed by atoms with Crippen molar-refractivity contribution in [2.75, 3.05) is 0 Å². The number of aromatic nitrogens is 2. The second-order valence-corrected chi connectivity index (χ2v) is 10.6. The minimum atomic E-state index is 0.247. The number of pyridine rings is 2. The van der Waals surface area contributed by atoms with Crippen LogP contribution in [0.1, 0.15) is 37.5 Å². The van der Waals surface area contributed by atoms with Gasteiger partial charge in [0, 0.05) is 16.8 Å². The molecule has 0 aliphatic heterocycles. The molecule has 2 nitrogen and oxygen atoms in total. The number of rotatable bonds is 1. The van der Waals surface area contributed by atoms with Crippen LogP contribution in [-0.4, -0.2) is 4.40 Å². The summed E-state index contributed by atoms with van der Waals surface area (Å²) in [6, 6.07) is 18.6. The zero-order chi connectivity index (χ0) is 21.7. The summed E-state index contributed by atoms with van der Waals surface area (Å²) in [6.45, 7) is 11.4. The van der Waals surface area contributed by atoms with Crippen LogP contribution in [0.15, 0.2) is 54.7 Å². The molecule has 31 heavy (non-hydrogen) atoms. The predicted molar refractivity (Wildman–Crippen MR) is 132 cm³/mol. The van der Waals surface area contributed by atoms with Gasteiger partial charge in [0.15, 0.2) is 6.20 Å². The van der Waals surface area contributed by atoms with Gasteiger partial charge in [-0.15, -0.1) is 0 Å². The first-order valence-electron chi connectivity index (χ1n) is 11.2. The number of nitrogens with zero attached hydrogens (tertiary/aromatic N) is 2. The van der Waals surface area contributed by atoms with E-state index in [9.17, 15) is 0 Å². The smallest absolute Gasteiger partial charge is 0.224 e. The molecule has 6 aromatic rings. The topological polar surface area (TPSA) is 8.29 Å². The average molecular weight is 406 g/mol. The summed E-state index contributed by atoms with van der Waals surface area (Å²) in [5, 5.41) is 6.76. The van der Waals surface area contributed by atoms with Crippen molar-refractivity contribution in [1.82, 2.24) is 4.40 Å². The number of hydrogen-bond donors (Lipinski definition) is 0. The highest BCUT2D eigenvalue weighted by Gasteiger charge is 2.24. The molecule has 3 aromatic heterocycles. The molecule has 0 aliphatic carbocycles. The van der Waals surface area contributed by atoms with E-state index in [4.69, 9.17) is 0 Å². The van der Waals surface area contributed by atoms with Crippen LogP contribution in [0, 0.1) is 19.3 Å². The van der Waals surface area contributed by atoms with E-state index in [1.807, 2.05) is 0 Å². The molecule has 0 spiro atoms. The summed E-state index contributed by atoms with van der Waals surface area (Å²) in [7, 11) is 2.18. The van der Waals surface area contributed by atoms with Crippen LogP contribution in [0.25, 0.3) is 49.0 Å². The molecule has 0 atom stereocenters. The fourth-order valence-electron chi connectivity index (χ4n) is 5.60. The van der Waals surface area contributed by atoms with Crippen molar-refractivity contribution in [1.29, 1.82) is 0 Å². The third-order valence-corrected chi connectivity index (χ3v) is 6.78. The molecule has 0 fully saturated rings. The second kappa shape index (κ2) is 5.97. The van der Waals surface area contributed by atoms with Crippen molar-refractivity contribution in [3.8, 4) is 0 Å². The summed E-state index contributed by atoms with van der Waals surface area (Å²) < 4.78 is 4.85. The lowest BCUT2D eigenvalue weighted by Gasteiger charge is -2.20. The maximum absolute atomic E-state index is 2.54. The van der Waals surface area contributed by atoms with Crippen LogP contribution in [0.5, 0.6) is 0 Å². The molecule has 154 valence electrons. The van der Waals surface area contributed by atoms with Gasteiger partial charge < -0.3 is 4.40 Å². The lowest BCUT2D eigenvalue weighted by Crippen LogP contribution is -2.29. The average Bonchev–Trinajstić information content (AvgIpc) is 3.01. The molecule has 2 heteroatoms. The van der Waals surface area contributed by atoms with E-state index in [1.54, 1.807) is 0 Å². The van der Waals surface area contributed by atoms with E-state index in [2.05, 4.69) is 105 Å². The lowest BCUT2D eigenvalue weighted by atomic mass is 9.87. The molecular weight excluding hydrogens is 376 g/mol. The molecule has 0 radical (unpaired) electrons. The first-order chi connectivity index (χ1) is 14.7. The summed E-state index contributed by atoms with van der Waals surface area (Å²) in [4.78, 5) is 0. The third kappa shape index (κ3) is 2.54. The maximum Gasteiger partial charge on any atom is 0.224 e. The first kappa shape index (κ1) is 18.6. The monoisotopic (exact) mass is 405 g/mol. The van der Waals surface area contributed by atoms with Crippen molar-refractivity contribution < 1.29 is 4.57 Å². The Kier molecular flexibility index (Phi) is 3.59. The molecule has 0 aliphatic rings. The molecule has 3 heterocycles. The van der Waals surface area contributed by atoms with Gasteiger partial charge in [-0.05, 0) is 59.9 Å². The minimum absolute atomic E-state index is 0.247. The van der Waals surface area contributed by atoms with Crippen molar-refractivity contribution >= 4 is 49.0 Å². The molecule has 0 N–H and O–H groups in total. The highest BCUT2D eigenvalue weighted by atomic mass is 15.0. The highest BCUT2D eigenvalue weighted by molar-refractivity contribution is 6.25. The number of aryl methyl sites for hydroxylation is 3. The Morgan fingerprint density at radius 3 is 2.39 bits per heavy atom. The van der Waals surface area contributed by atoms with E-state index in [0.717, 1.165) is 6.42 Å². The Morgan fingerprint density at radius 2 is 1.61 bits per heavy atom. The zero-order valence-electron chi connectivity index (χ0n) is 19.3. The minimum Gasteiger partial charge on any atom is -0.307 e. The van der Waals surface area contributed by atoms with Crippen LogP contribution in [-0.2, 0) is 13.5 Å². The van der Waals surface area contributed by atoms with Crippen LogP contribution >= 0.6 is 0 Å². The van der Waals surface area contributed by atoms with E-state index in [-0.39, 0.29) is 5.41 Å². The Morgan fingerprint density at radius 1 is 0.839 bits per heavy atom. The fourth-order valence-corrected chi connectivity index (χ4v) is 5.60. The SMILES string of the molecule is Cc1ccc2c3ccc(C)c4c3n(c2c1)c1cc(CC(C)(C)C)cc2cc[n+](C)c4c21. The zero-order valence-corrected chi connectivity index (χ0v) is 19.3. The summed E-state index contributed by atoms with van der Waals surface area (Å²) >= 11 is 0. The van der Waals surface area contributed by atoms with Crippen LogP contribution in [0.3, 0.4) is 0 Å². The van der Waals surface area contributed by atoms with Gasteiger partial charge in [-0.3, -0.25) is 0 Å². The first-order valence-corrected chi connectivity index (χ1v) is 11.2. The van der Waals surface area contributed by atoms with Gasteiger partial charge in [0.1, 0.15) is 7.05 Å². The van der Waals surface area contributed by atoms with Gasteiger partial charge in [-0.1, -0.05) is 51.1 Å². The van der Waals surface area contributed by atoms with E-state index in [1.165, 1.54) is 65.7 Å². The molecule has 0 saturated heterocycles. The van der Waals surface area contributed by atoms with E-state index >= 15 is 0 Å². The van der Waals surface area contributed by atoms with Crippen molar-refractivity contribution in [2.45, 2.75) is 41.0 Å². The van der Waals surface area contributed by atoms with Crippen molar-refractivity contribution in [3.05, 3.63) is 71.4 Å². The van der Waals surface area contributed by atoms with E-state index < -0.39 is 0 Å². The van der Waals surface area contributed by atoms with Gasteiger partial charge >= 0.3 is 0 Å². The summed E-state index contributed by atoms with van der Waals surface area (Å²) in [5.41, 5.74) is 9.62. The quantitative estimate of drug-likeness (QED) is 0.158. The van der Waals surface area contributed by atoms with Crippen LogP contribution < -0.4 is 4.57 Å². The Hall–Kier alpha value is -3.13. The van der Waals surface area contributed by atoms with Gasteiger partial charge in [-0.2, -0.15) is 0 Å². The highest BCUT2D eigenvalue weighted by Crippen LogP contribution is 2.41. The van der Waals surface area contributed by atoms with Crippen LogP contribution in [0.2, 0.25) is 0 Å². The number of hydrogen-bond acceptors (Lipinski definition) is 0. The van der Waals surface area contributed by atoms with Gasteiger partial charge in [-0.25, -0.2) is 4.57 Å². The van der Waals surface area contributed by atoms with Crippen molar-refractivity contribution in [2.24, 2.45) is 12.5 Å². The number of benzene rings is 3. The molecular formula is C29H29N2+. The molecule has 0 saturated carbocycles. The van der Waals surface area contributed by atoms with Crippen molar-refractivity contribution in [3.63, 3.8) is 0 Å². The fraction of sp³-hybridized carbons (Fsp3) is 0.276.